The maximum absolute atomic E-state index is 10.7. The van der Waals surface area contributed by atoms with E-state index in [0.29, 0.717) is 6.42 Å². The second kappa shape index (κ2) is 5.08. The molecule has 4 nitrogen and oxygen atoms in total. The highest BCUT2D eigenvalue weighted by molar-refractivity contribution is 5.65. The highest BCUT2D eigenvalue weighted by Crippen LogP contribution is 2.29. The van der Waals surface area contributed by atoms with Gasteiger partial charge in [0.15, 0.2) is 0 Å². The number of hydrogen-bond donors (Lipinski definition) is 2. The lowest BCUT2D eigenvalue weighted by molar-refractivity contribution is 0.0349. The molecule has 0 aliphatic heterocycles. The molecule has 0 heterocycles. The van der Waals surface area contributed by atoms with E-state index in [2.05, 4.69) is 0 Å². The number of carbonyl (C=O) groups excluding carboxylic acids is 1. The van der Waals surface area contributed by atoms with Gasteiger partial charge in [0.2, 0.25) is 0 Å². The minimum Gasteiger partial charge on any atom is -0.508 e. The first-order chi connectivity index (χ1) is 7.80. The van der Waals surface area contributed by atoms with Crippen LogP contribution >= 0.6 is 0 Å². The van der Waals surface area contributed by atoms with Gasteiger partial charge in [0.1, 0.15) is 11.4 Å². The summed E-state index contributed by atoms with van der Waals surface area (Å²) in [6, 6.07) is 7.07. The third-order valence-corrected chi connectivity index (χ3v) is 2.61. The first-order valence-electron chi connectivity index (χ1n) is 5.57. The van der Waals surface area contributed by atoms with Gasteiger partial charge in [0.25, 0.3) is 0 Å². The number of amides is 1. The molecule has 1 aromatic rings. The van der Waals surface area contributed by atoms with Gasteiger partial charge in [-0.3, -0.25) is 0 Å². The van der Waals surface area contributed by atoms with E-state index in [1.807, 2.05) is 26.8 Å². The highest BCUT2D eigenvalue weighted by atomic mass is 16.6. The van der Waals surface area contributed by atoms with Crippen molar-refractivity contribution in [3.63, 3.8) is 0 Å². The van der Waals surface area contributed by atoms with E-state index in [-0.39, 0.29) is 11.7 Å². The molecule has 1 rings (SSSR count). The summed E-state index contributed by atoms with van der Waals surface area (Å²) in [5.41, 5.74) is 5.41. The Morgan fingerprint density at radius 3 is 2.71 bits per heavy atom. The smallest absolute Gasteiger partial charge is 0.405 e. The first-order valence-corrected chi connectivity index (χ1v) is 5.57. The van der Waals surface area contributed by atoms with Crippen LogP contribution in [0.5, 0.6) is 5.75 Å². The van der Waals surface area contributed by atoms with E-state index in [1.165, 1.54) is 0 Å². The molecule has 3 N–H and O–H groups in total. The molecule has 0 radical (unpaired) electrons. The molecule has 1 amide bonds. The lowest BCUT2D eigenvalue weighted by atomic mass is 9.89. The van der Waals surface area contributed by atoms with E-state index in [0.717, 1.165) is 5.56 Å². The Morgan fingerprint density at radius 1 is 1.53 bits per heavy atom. The molecule has 0 saturated heterocycles. The van der Waals surface area contributed by atoms with Crippen molar-refractivity contribution in [1.29, 1.82) is 0 Å². The van der Waals surface area contributed by atoms with Crippen molar-refractivity contribution in [2.75, 3.05) is 0 Å². The van der Waals surface area contributed by atoms with Gasteiger partial charge in [-0.05, 0) is 43.9 Å². The second-order valence-electron chi connectivity index (χ2n) is 4.88. The van der Waals surface area contributed by atoms with Crippen molar-refractivity contribution in [3.05, 3.63) is 29.8 Å². The van der Waals surface area contributed by atoms with E-state index in [4.69, 9.17) is 10.5 Å². The lowest BCUT2D eigenvalue weighted by Gasteiger charge is -2.27. The Labute approximate surface area is 101 Å². The topological polar surface area (TPSA) is 72.5 Å². The summed E-state index contributed by atoms with van der Waals surface area (Å²) < 4.78 is 5.04. The van der Waals surface area contributed by atoms with Crippen LogP contribution in [0.3, 0.4) is 0 Å². The van der Waals surface area contributed by atoms with Gasteiger partial charge in [-0.1, -0.05) is 19.1 Å². The molecular formula is C13H19NO3. The fraction of sp³-hybridized carbons (Fsp3) is 0.462. The molecule has 0 spiro atoms. The van der Waals surface area contributed by atoms with Crippen LogP contribution in [0.15, 0.2) is 24.3 Å². The summed E-state index contributed by atoms with van der Waals surface area (Å²) in [5, 5.41) is 9.40. The third kappa shape index (κ3) is 4.34. The molecule has 0 aliphatic rings. The van der Waals surface area contributed by atoms with Gasteiger partial charge < -0.3 is 15.6 Å². The lowest BCUT2D eigenvalue weighted by Crippen LogP contribution is -2.32. The normalized spacial score (nSPS) is 13.1. The SMILES string of the molecule is CC(CC(C)(C)OC(N)=O)c1cccc(O)c1. The van der Waals surface area contributed by atoms with Gasteiger partial charge in [-0.2, -0.15) is 0 Å². The summed E-state index contributed by atoms with van der Waals surface area (Å²) in [7, 11) is 0. The van der Waals surface area contributed by atoms with Crippen molar-refractivity contribution < 1.29 is 14.6 Å². The summed E-state index contributed by atoms with van der Waals surface area (Å²) in [6.07, 6.45) is -0.127. The van der Waals surface area contributed by atoms with Crippen molar-refractivity contribution >= 4 is 6.09 Å². The minimum atomic E-state index is -0.766. The van der Waals surface area contributed by atoms with Crippen molar-refractivity contribution in [1.82, 2.24) is 0 Å². The quantitative estimate of drug-likeness (QED) is 0.845. The first kappa shape index (κ1) is 13.4. The predicted molar refractivity (Wildman–Crippen MR) is 65.9 cm³/mol. The van der Waals surface area contributed by atoms with Gasteiger partial charge in [0.05, 0.1) is 0 Å². The zero-order chi connectivity index (χ0) is 13.1. The van der Waals surface area contributed by atoms with Crippen LogP contribution in [-0.2, 0) is 4.74 Å². The number of ether oxygens (including phenoxy) is 1. The fourth-order valence-corrected chi connectivity index (χ4v) is 2.00. The van der Waals surface area contributed by atoms with E-state index in [9.17, 15) is 9.90 Å². The number of benzene rings is 1. The van der Waals surface area contributed by atoms with Gasteiger partial charge >= 0.3 is 6.09 Å². The Morgan fingerprint density at radius 2 is 2.18 bits per heavy atom. The van der Waals surface area contributed by atoms with Crippen LogP contribution in [-0.4, -0.2) is 16.8 Å². The van der Waals surface area contributed by atoms with Gasteiger partial charge in [-0.15, -0.1) is 0 Å². The zero-order valence-electron chi connectivity index (χ0n) is 10.4. The Kier molecular flexibility index (Phi) is 3.99. The molecular weight excluding hydrogens is 218 g/mol. The summed E-state index contributed by atoms with van der Waals surface area (Å²) in [6.45, 7) is 5.65. The van der Waals surface area contributed by atoms with Crippen molar-refractivity contribution in [3.8, 4) is 5.75 Å². The number of phenols is 1. The molecule has 17 heavy (non-hydrogen) atoms. The number of nitrogens with two attached hydrogens (primary N) is 1. The van der Waals surface area contributed by atoms with Crippen molar-refractivity contribution in [2.45, 2.75) is 38.7 Å². The van der Waals surface area contributed by atoms with Crippen LogP contribution in [0, 0.1) is 0 Å². The molecule has 1 aromatic carbocycles. The number of primary amides is 1. The zero-order valence-corrected chi connectivity index (χ0v) is 10.4. The summed E-state index contributed by atoms with van der Waals surface area (Å²) in [5.74, 6) is 0.402. The average molecular weight is 237 g/mol. The number of carbonyl (C=O) groups is 1. The standard InChI is InChI=1S/C13H19NO3/c1-9(8-13(2,3)17-12(14)16)10-5-4-6-11(15)7-10/h4-7,9,15H,8H2,1-3H3,(H2,14,16). The number of hydrogen-bond acceptors (Lipinski definition) is 3. The van der Waals surface area contributed by atoms with Gasteiger partial charge in [0, 0.05) is 0 Å². The predicted octanol–water partition coefficient (Wildman–Crippen LogP) is 2.76. The van der Waals surface area contributed by atoms with Crippen molar-refractivity contribution in [2.24, 2.45) is 5.73 Å². The second-order valence-corrected chi connectivity index (χ2v) is 4.88. The Bertz CT molecular complexity index is 401. The molecule has 1 unspecified atom stereocenters. The minimum absolute atomic E-state index is 0.163. The number of rotatable bonds is 4. The molecule has 0 bridgehead atoms. The maximum atomic E-state index is 10.7. The van der Waals surface area contributed by atoms with Crippen LogP contribution in [0.4, 0.5) is 4.79 Å². The third-order valence-electron chi connectivity index (χ3n) is 2.61. The molecule has 0 aliphatic carbocycles. The highest BCUT2D eigenvalue weighted by Gasteiger charge is 2.25. The Hall–Kier alpha value is -1.71. The van der Waals surface area contributed by atoms with Crippen LogP contribution < -0.4 is 5.73 Å². The van der Waals surface area contributed by atoms with E-state index in [1.54, 1.807) is 18.2 Å². The molecule has 0 fully saturated rings. The van der Waals surface area contributed by atoms with E-state index < -0.39 is 11.7 Å². The summed E-state index contributed by atoms with van der Waals surface area (Å²) in [4.78, 5) is 10.7. The van der Waals surface area contributed by atoms with Crippen LogP contribution in [0.1, 0.15) is 38.7 Å². The Balaban J connectivity index is 2.71. The molecule has 94 valence electrons. The van der Waals surface area contributed by atoms with E-state index >= 15 is 0 Å². The van der Waals surface area contributed by atoms with Crippen LogP contribution in [0.25, 0.3) is 0 Å². The number of phenolic OH excluding ortho intramolecular Hbond substituents is 1. The maximum Gasteiger partial charge on any atom is 0.405 e. The fourth-order valence-electron chi connectivity index (χ4n) is 2.00. The average Bonchev–Trinajstić information content (AvgIpc) is 2.14. The molecule has 0 aromatic heterocycles. The largest absolute Gasteiger partial charge is 0.508 e. The molecule has 0 saturated carbocycles. The van der Waals surface area contributed by atoms with Crippen LogP contribution in [0.2, 0.25) is 0 Å². The monoisotopic (exact) mass is 237 g/mol. The molecule has 4 heteroatoms. The summed E-state index contributed by atoms with van der Waals surface area (Å²) >= 11 is 0. The number of aromatic hydroxyl groups is 1. The van der Waals surface area contributed by atoms with Gasteiger partial charge in [-0.25, -0.2) is 4.79 Å². The molecule has 1 atom stereocenters.